The zero-order valence-corrected chi connectivity index (χ0v) is 14.8. The SMILES string of the molecule is O=C1C(=O)N(C[NH+]2CCC[C@@H]3CCCC[C@@H]32)c2ccc(Br)cc21. The van der Waals surface area contributed by atoms with Crippen LogP contribution in [-0.2, 0) is 4.79 Å². The molecule has 23 heavy (non-hydrogen) atoms. The summed E-state index contributed by atoms with van der Waals surface area (Å²) in [5.74, 6) is 0.0896. The van der Waals surface area contributed by atoms with Gasteiger partial charge in [0.25, 0.3) is 5.78 Å². The first-order chi connectivity index (χ1) is 11.1. The van der Waals surface area contributed by atoms with Crippen LogP contribution in [0.25, 0.3) is 0 Å². The van der Waals surface area contributed by atoms with Crippen molar-refractivity contribution >= 4 is 33.3 Å². The number of rotatable bonds is 2. The van der Waals surface area contributed by atoms with Gasteiger partial charge >= 0.3 is 5.91 Å². The molecule has 1 saturated carbocycles. The van der Waals surface area contributed by atoms with Gasteiger partial charge in [0.2, 0.25) is 0 Å². The van der Waals surface area contributed by atoms with Crippen molar-refractivity contribution in [3.63, 3.8) is 0 Å². The first-order valence-electron chi connectivity index (χ1n) is 8.65. The number of hydrogen-bond donors (Lipinski definition) is 1. The Morgan fingerprint density at radius 1 is 1.13 bits per heavy atom. The quantitative estimate of drug-likeness (QED) is 0.802. The first-order valence-corrected chi connectivity index (χ1v) is 9.45. The highest BCUT2D eigenvalue weighted by molar-refractivity contribution is 9.10. The Kier molecular flexibility index (Phi) is 4.01. The van der Waals surface area contributed by atoms with Gasteiger partial charge in [-0.25, -0.2) is 0 Å². The number of benzene rings is 1. The van der Waals surface area contributed by atoms with E-state index >= 15 is 0 Å². The van der Waals surface area contributed by atoms with Crippen LogP contribution >= 0.6 is 15.9 Å². The Balaban J connectivity index is 1.59. The Morgan fingerprint density at radius 3 is 2.78 bits per heavy atom. The van der Waals surface area contributed by atoms with Gasteiger partial charge in [0.05, 0.1) is 23.8 Å². The van der Waals surface area contributed by atoms with E-state index in [2.05, 4.69) is 15.9 Å². The molecule has 2 heterocycles. The number of carbonyl (C=O) groups excluding carboxylic acids is 2. The van der Waals surface area contributed by atoms with Gasteiger partial charge in [-0.05, 0) is 50.3 Å². The molecule has 0 aromatic heterocycles. The van der Waals surface area contributed by atoms with Gasteiger partial charge in [-0.3, -0.25) is 14.5 Å². The summed E-state index contributed by atoms with van der Waals surface area (Å²) < 4.78 is 0.844. The lowest BCUT2D eigenvalue weighted by molar-refractivity contribution is -0.935. The molecule has 0 spiro atoms. The summed E-state index contributed by atoms with van der Waals surface area (Å²) in [4.78, 5) is 27.9. The maximum Gasteiger partial charge on any atom is 0.303 e. The second kappa shape index (κ2) is 6.02. The fraction of sp³-hybridized carbons (Fsp3) is 0.556. The predicted molar refractivity (Wildman–Crippen MR) is 91.6 cm³/mol. The van der Waals surface area contributed by atoms with E-state index in [-0.39, 0.29) is 11.7 Å². The van der Waals surface area contributed by atoms with Crippen molar-refractivity contribution in [3.8, 4) is 0 Å². The first kappa shape index (κ1) is 15.3. The zero-order chi connectivity index (χ0) is 16.0. The molecule has 2 aliphatic heterocycles. The van der Waals surface area contributed by atoms with Gasteiger partial charge in [0.1, 0.15) is 0 Å². The van der Waals surface area contributed by atoms with E-state index in [0.29, 0.717) is 18.3 Å². The van der Waals surface area contributed by atoms with Gasteiger partial charge in [-0.1, -0.05) is 22.4 Å². The molecule has 0 bridgehead atoms. The van der Waals surface area contributed by atoms with Crippen LogP contribution in [0, 0.1) is 5.92 Å². The molecule has 1 aromatic rings. The van der Waals surface area contributed by atoms with E-state index < -0.39 is 0 Å². The second-order valence-electron chi connectivity index (χ2n) is 7.08. The van der Waals surface area contributed by atoms with Crippen molar-refractivity contribution in [2.24, 2.45) is 5.92 Å². The molecule has 4 nitrogen and oxygen atoms in total. The van der Waals surface area contributed by atoms with Crippen LogP contribution in [0.1, 0.15) is 48.9 Å². The molecule has 1 saturated heterocycles. The number of quaternary nitrogens is 1. The Hall–Kier alpha value is -1.20. The van der Waals surface area contributed by atoms with Crippen molar-refractivity contribution in [1.29, 1.82) is 0 Å². The molecule has 2 fully saturated rings. The molecule has 1 unspecified atom stereocenters. The van der Waals surface area contributed by atoms with Gasteiger partial charge < -0.3 is 4.90 Å². The van der Waals surface area contributed by atoms with Crippen LogP contribution in [0.2, 0.25) is 0 Å². The molecule has 3 atom stereocenters. The van der Waals surface area contributed by atoms with Crippen LogP contribution in [-0.4, -0.2) is 30.9 Å². The number of nitrogens with one attached hydrogen (secondary N) is 1. The normalized spacial score (nSPS) is 30.3. The molecule has 4 rings (SSSR count). The highest BCUT2D eigenvalue weighted by Gasteiger charge is 2.42. The lowest BCUT2D eigenvalue weighted by atomic mass is 9.78. The summed E-state index contributed by atoms with van der Waals surface area (Å²) in [7, 11) is 0. The predicted octanol–water partition coefficient (Wildman–Crippen LogP) is 2.17. The van der Waals surface area contributed by atoms with E-state index in [4.69, 9.17) is 0 Å². The maximum atomic E-state index is 12.5. The number of amides is 1. The Labute approximate surface area is 145 Å². The average Bonchev–Trinajstić information content (AvgIpc) is 2.80. The van der Waals surface area contributed by atoms with Crippen molar-refractivity contribution in [2.45, 2.75) is 44.6 Å². The maximum absolute atomic E-state index is 12.5. The monoisotopic (exact) mass is 377 g/mol. The molecule has 5 heteroatoms. The van der Waals surface area contributed by atoms with Crippen LogP contribution in [0.4, 0.5) is 5.69 Å². The highest BCUT2D eigenvalue weighted by atomic mass is 79.9. The standard InChI is InChI=1S/C18H21BrN2O2/c19-13-7-8-16-14(10-13)17(22)18(23)21(16)11-20-9-3-5-12-4-1-2-6-15(12)20/h7-8,10,12,15H,1-6,9,11H2/p+1/t12-,15-/m0/s1. The summed E-state index contributed by atoms with van der Waals surface area (Å²) in [5, 5.41) is 0. The highest BCUT2D eigenvalue weighted by Crippen LogP contribution is 2.32. The summed E-state index contributed by atoms with van der Waals surface area (Å²) in [6.07, 6.45) is 7.84. The summed E-state index contributed by atoms with van der Waals surface area (Å²) >= 11 is 3.39. The third-order valence-electron chi connectivity index (χ3n) is 5.80. The molecule has 3 aliphatic rings. The average molecular weight is 378 g/mol. The number of hydrogen-bond acceptors (Lipinski definition) is 2. The molecule has 122 valence electrons. The van der Waals surface area contributed by atoms with E-state index in [1.54, 1.807) is 11.0 Å². The molecular weight excluding hydrogens is 356 g/mol. The minimum Gasteiger partial charge on any atom is -0.315 e. The smallest absolute Gasteiger partial charge is 0.303 e. The minimum absolute atomic E-state index is 0.358. The van der Waals surface area contributed by atoms with Crippen molar-refractivity contribution in [1.82, 2.24) is 0 Å². The lowest BCUT2D eigenvalue weighted by Crippen LogP contribution is -3.19. The van der Waals surface area contributed by atoms with Crippen molar-refractivity contribution in [3.05, 3.63) is 28.2 Å². The fourth-order valence-corrected chi connectivity index (χ4v) is 5.06. The van der Waals surface area contributed by atoms with Crippen LogP contribution in [0.3, 0.4) is 0 Å². The summed E-state index contributed by atoms with van der Waals surface area (Å²) in [6, 6.07) is 6.24. The number of nitrogens with zero attached hydrogens (tertiary/aromatic N) is 1. The molecule has 1 amide bonds. The number of ketones is 1. The number of likely N-dealkylation sites (tertiary alicyclic amines) is 1. The number of fused-ring (bicyclic) bond motifs is 2. The molecule has 1 aromatic carbocycles. The lowest BCUT2D eigenvalue weighted by Gasteiger charge is -2.42. The van der Waals surface area contributed by atoms with Gasteiger partial charge in [-0.15, -0.1) is 0 Å². The molecule has 1 aliphatic carbocycles. The van der Waals surface area contributed by atoms with Crippen LogP contribution in [0.5, 0.6) is 0 Å². The number of anilines is 1. The third-order valence-corrected chi connectivity index (χ3v) is 6.29. The summed E-state index contributed by atoms with van der Waals surface area (Å²) in [5.41, 5.74) is 1.33. The van der Waals surface area contributed by atoms with E-state index in [9.17, 15) is 9.59 Å². The van der Waals surface area contributed by atoms with Crippen LogP contribution < -0.4 is 9.80 Å². The van der Waals surface area contributed by atoms with E-state index in [1.165, 1.54) is 43.4 Å². The van der Waals surface area contributed by atoms with Gasteiger partial charge in [0.15, 0.2) is 6.67 Å². The summed E-state index contributed by atoms with van der Waals surface area (Å²) in [6.45, 7) is 1.76. The third kappa shape index (κ3) is 2.64. The Morgan fingerprint density at radius 2 is 1.91 bits per heavy atom. The molecule has 0 radical (unpaired) electrons. The van der Waals surface area contributed by atoms with Crippen LogP contribution in [0.15, 0.2) is 22.7 Å². The van der Waals surface area contributed by atoms with Crippen molar-refractivity contribution in [2.75, 3.05) is 18.1 Å². The largest absolute Gasteiger partial charge is 0.315 e. The molecule has 1 N–H and O–H groups in total. The van der Waals surface area contributed by atoms with Crippen molar-refractivity contribution < 1.29 is 14.5 Å². The Bertz CT molecular complexity index is 658. The van der Waals surface area contributed by atoms with E-state index in [1.807, 2.05) is 12.1 Å². The van der Waals surface area contributed by atoms with Gasteiger partial charge in [-0.2, -0.15) is 0 Å². The number of Topliss-reactive ketones (excluding diaryl/α,β-unsaturated/α-hetero) is 1. The van der Waals surface area contributed by atoms with E-state index in [0.717, 1.165) is 22.6 Å². The number of halogens is 1. The molecular formula is C18H22BrN2O2+. The second-order valence-corrected chi connectivity index (χ2v) is 8.00. The fourth-order valence-electron chi connectivity index (χ4n) is 4.70. The topological polar surface area (TPSA) is 41.8 Å². The zero-order valence-electron chi connectivity index (χ0n) is 13.2. The number of piperidine rings is 1. The minimum atomic E-state index is -0.363. The number of carbonyl (C=O) groups is 2. The van der Waals surface area contributed by atoms with Gasteiger partial charge in [0, 0.05) is 10.4 Å².